The summed E-state index contributed by atoms with van der Waals surface area (Å²) in [5, 5.41) is 4.18. The van der Waals surface area contributed by atoms with Crippen molar-refractivity contribution in [2.45, 2.75) is 12.5 Å². The summed E-state index contributed by atoms with van der Waals surface area (Å²) in [7, 11) is 1.73. The molecular formula is C15H14ClN3O2. The van der Waals surface area contributed by atoms with Gasteiger partial charge in [0.05, 0.1) is 17.1 Å². The van der Waals surface area contributed by atoms with E-state index in [0.717, 1.165) is 5.39 Å². The molecule has 1 N–H and O–H groups in total. The molecule has 5 nitrogen and oxygen atoms in total. The van der Waals surface area contributed by atoms with Gasteiger partial charge in [-0.1, -0.05) is 17.7 Å². The molecule has 1 atom stereocenters. The molecule has 2 amide bonds. The Morgan fingerprint density at radius 3 is 3.00 bits per heavy atom. The number of carbonyl (C=O) groups is 2. The monoisotopic (exact) mass is 303 g/mol. The first-order chi connectivity index (χ1) is 10.0. The van der Waals surface area contributed by atoms with Crippen LogP contribution in [-0.4, -0.2) is 41.3 Å². The van der Waals surface area contributed by atoms with E-state index in [2.05, 4.69) is 10.3 Å². The second-order valence-electron chi connectivity index (χ2n) is 5.18. The zero-order valence-electron chi connectivity index (χ0n) is 11.5. The van der Waals surface area contributed by atoms with Crippen LogP contribution >= 0.6 is 11.6 Å². The first-order valence-electron chi connectivity index (χ1n) is 6.63. The van der Waals surface area contributed by atoms with Crippen molar-refractivity contribution in [1.29, 1.82) is 0 Å². The van der Waals surface area contributed by atoms with Gasteiger partial charge in [-0.15, -0.1) is 0 Å². The van der Waals surface area contributed by atoms with Gasteiger partial charge in [-0.2, -0.15) is 0 Å². The topological polar surface area (TPSA) is 62.3 Å². The molecule has 1 aromatic heterocycles. The van der Waals surface area contributed by atoms with E-state index in [1.165, 1.54) is 0 Å². The number of likely N-dealkylation sites (tertiary alicyclic amines) is 1. The van der Waals surface area contributed by atoms with Crippen LogP contribution in [-0.2, 0) is 4.79 Å². The maximum Gasteiger partial charge on any atom is 0.253 e. The van der Waals surface area contributed by atoms with Crippen LogP contribution in [0.15, 0.2) is 30.5 Å². The van der Waals surface area contributed by atoms with Crippen molar-refractivity contribution in [2.24, 2.45) is 0 Å². The smallest absolute Gasteiger partial charge is 0.253 e. The Morgan fingerprint density at radius 2 is 2.29 bits per heavy atom. The number of nitrogens with one attached hydrogen (secondary N) is 1. The fraction of sp³-hybridized carbons (Fsp3) is 0.267. The number of amides is 2. The summed E-state index contributed by atoms with van der Waals surface area (Å²) in [6.07, 6.45) is 1.97. The van der Waals surface area contributed by atoms with Crippen LogP contribution < -0.4 is 5.32 Å². The molecule has 0 spiro atoms. The Balaban J connectivity index is 1.90. The van der Waals surface area contributed by atoms with E-state index in [-0.39, 0.29) is 17.9 Å². The number of hydrogen-bond donors (Lipinski definition) is 1. The molecule has 1 aliphatic heterocycles. The van der Waals surface area contributed by atoms with Gasteiger partial charge in [-0.25, -0.2) is 0 Å². The summed E-state index contributed by atoms with van der Waals surface area (Å²) in [6.45, 7) is 0.524. The lowest BCUT2D eigenvalue weighted by molar-refractivity contribution is -0.126. The first kappa shape index (κ1) is 13.8. The van der Waals surface area contributed by atoms with Gasteiger partial charge in [0.25, 0.3) is 5.91 Å². The molecular weight excluding hydrogens is 290 g/mol. The van der Waals surface area contributed by atoms with Crippen molar-refractivity contribution in [3.8, 4) is 0 Å². The van der Waals surface area contributed by atoms with Gasteiger partial charge in [-0.05, 0) is 18.2 Å². The number of nitrogens with zero attached hydrogens (tertiary/aromatic N) is 2. The van der Waals surface area contributed by atoms with Gasteiger partial charge >= 0.3 is 0 Å². The molecule has 21 heavy (non-hydrogen) atoms. The Kier molecular flexibility index (Phi) is 3.51. The number of fused-ring (bicyclic) bond motifs is 1. The Labute approximate surface area is 126 Å². The van der Waals surface area contributed by atoms with E-state index < -0.39 is 0 Å². The van der Waals surface area contributed by atoms with Crippen LogP contribution in [0.4, 0.5) is 0 Å². The van der Waals surface area contributed by atoms with Crippen molar-refractivity contribution in [1.82, 2.24) is 15.2 Å². The average molecular weight is 304 g/mol. The predicted octanol–water partition coefficient (Wildman–Crippen LogP) is 1.85. The molecule has 0 saturated carbocycles. The summed E-state index contributed by atoms with van der Waals surface area (Å²) in [5.74, 6) is -0.219. The molecule has 1 fully saturated rings. The van der Waals surface area contributed by atoms with Gasteiger partial charge in [-0.3, -0.25) is 14.6 Å². The summed E-state index contributed by atoms with van der Waals surface area (Å²) >= 11 is 6.06. The molecule has 0 radical (unpaired) electrons. The van der Waals surface area contributed by atoms with Crippen LogP contribution in [0.25, 0.3) is 10.9 Å². The third kappa shape index (κ3) is 2.69. The maximum absolute atomic E-state index is 12.4. The van der Waals surface area contributed by atoms with Gasteiger partial charge in [0.15, 0.2) is 0 Å². The fourth-order valence-corrected chi connectivity index (χ4v) is 2.78. The van der Waals surface area contributed by atoms with Crippen molar-refractivity contribution in [3.05, 3.63) is 41.0 Å². The molecule has 0 aliphatic carbocycles. The molecule has 3 rings (SSSR count). The molecule has 1 aliphatic rings. The molecule has 2 aromatic rings. The van der Waals surface area contributed by atoms with Crippen LogP contribution in [0.3, 0.4) is 0 Å². The van der Waals surface area contributed by atoms with Gasteiger partial charge in [0, 0.05) is 36.6 Å². The van der Waals surface area contributed by atoms with E-state index >= 15 is 0 Å². The highest BCUT2D eigenvalue weighted by molar-refractivity contribution is 6.32. The van der Waals surface area contributed by atoms with Crippen LogP contribution in [0.5, 0.6) is 0 Å². The second-order valence-corrected chi connectivity index (χ2v) is 5.61. The zero-order valence-corrected chi connectivity index (χ0v) is 12.2. The molecule has 1 aromatic carbocycles. The number of pyridine rings is 1. The van der Waals surface area contributed by atoms with Gasteiger partial charge in [0.2, 0.25) is 5.91 Å². The zero-order chi connectivity index (χ0) is 15.0. The largest absolute Gasteiger partial charge is 0.347 e. The fourth-order valence-electron chi connectivity index (χ4n) is 2.55. The Morgan fingerprint density at radius 1 is 1.48 bits per heavy atom. The summed E-state index contributed by atoms with van der Waals surface area (Å²) in [4.78, 5) is 29.8. The normalized spacial score (nSPS) is 18.3. The first-order valence-corrected chi connectivity index (χ1v) is 7.01. The third-order valence-corrected chi connectivity index (χ3v) is 3.81. The highest BCUT2D eigenvalue weighted by atomic mass is 35.5. The van der Waals surface area contributed by atoms with E-state index in [1.54, 1.807) is 36.3 Å². The van der Waals surface area contributed by atoms with Gasteiger partial charge < -0.3 is 10.2 Å². The summed E-state index contributed by atoms with van der Waals surface area (Å²) in [6, 6.07) is 6.86. The van der Waals surface area contributed by atoms with E-state index in [0.29, 0.717) is 29.1 Å². The van der Waals surface area contributed by atoms with Crippen molar-refractivity contribution >= 4 is 34.3 Å². The molecule has 108 valence electrons. The van der Waals surface area contributed by atoms with E-state index in [4.69, 9.17) is 11.6 Å². The van der Waals surface area contributed by atoms with E-state index in [1.807, 2.05) is 6.07 Å². The third-order valence-electron chi connectivity index (χ3n) is 3.59. The lowest BCUT2D eigenvalue weighted by Crippen LogP contribution is -2.36. The number of rotatable bonds is 2. The average Bonchev–Trinajstić information content (AvgIpc) is 2.76. The highest BCUT2D eigenvalue weighted by Crippen LogP contribution is 2.22. The van der Waals surface area contributed by atoms with Crippen LogP contribution in [0.1, 0.15) is 16.8 Å². The second kappa shape index (κ2) is 5.33. The number of carbonyl (C=O) groups excluding carboxylic acids is 2. The number of benzene rings is 1. The molecule has 1 saturated heterocycles. The molecule has 0 unspecified atom stereocenters. The summed E-state index contributed by atoms with van der Waals surface area (Å²) < 4.78 is 0. The Bertz CT molecular complexity index is 732. The minimum absolute atomic E-state index is 0.0365. The standard InChI is InChI=1S/C15H14ClN3O2/c1-19-8-11(7-13(19)20)18-15(21)12-6-10(16)5-9-3-2-4-17-14(9)12/h2-6,11H,7-8H2,1H3,(H,18,21)/t11-/m1/s1. The van der Waals surface area contributed by atoms with Gasteiger partial charge in [0.1, 0.15) is 0 Å². The SMILES string of the molecule is CN1C[C@H](NC(=O)c2cc(Cl)cc3cccnc23)CC1=O. The lowest BCUT2D eigenvalue weighted by atomic mass is 10.1. The quantitative estimate of drug-likeness (QED) is 0.921. The molecule has 2 heterocycles. The maximum atomic E-state index is 12.4. The van der Waals surface area contributed by atoms with Crippen LogP contribution in [0.2, 0.25) is 5.02 Å². The van der Waals surface area contributed by atoms with Crippen molar-refractivity contribution in [2.75, 3.05) is 13.6 Å². The Hall–Kier alpha value is -2.14. The number of aromatic nitrogens is 1. The molecule has 0 bridgehead atoms. The number of likely N-dealkylation sites (N-methyl/N-ethyl adjacent to an activating group) is 1. The lowest BCUT2D eigenvalue weighted by Gasteiger charge is -2.13. The van der Waals surface area contributed by atoms with Crippen LogP contribution in [0, 0.1) is 0 Å². The molecule has 6 heteroatoms. The summed E-state index contributed by atoms with van der Waals surface area (Å²) in [5.41, 5.74) is 1.04. The number of halogens is 1. The predicted molar refractivity (Wildman–Crippen MR) is 80.3 cm³/mol. The van der Waals surface area contributed by atoms with Crippen molar-refractivity contribution in [3.63, 3.8) is 0 Å². The minimum atomic E-state index is -0.255. The highest BCUT2D eigenvalue weighted by Gasteiger charge is 2.28. The minimum Gasteiger partial charge on any atom is -0.347 e. The van der Waals surface area contributed by atoms with E-state index in [9.17, 15) is 9.59 Å². The number of hydrogen-bond acceptors (Lipinski definition) is 3. The van der Waals surface area contributed by atoms with Crippen molar-refractivity contribution < 1.29 is 9.59 Å².